The van der Waals surface area contributed by atoms with Crippen LogP contribution in [0.4, 0.5) is 5.69 Å². The highest BCUT2D eigenvalue weighted by atomic mass is 16.5. The molecule has 2 amide bonds. The number of carbonyl (C=O) groups excluding carboxylic acids is 3. The number of anilines is 1. The topological polar surface area (TPSA) is 117 Å². The van der Waals surface area contributed by atoms with Crippen molar-refractivity contribution < 1.29 is 33.3 Å². The highest BCUT2D eigenvalue weighted by Crippen LogP contribution is 2.38. The Morgan fingerprint density at radius 2 is 1.40 bits per heavy atom. The number of para-hydroxylation sites is 1. The summed E-state index contributed by atoms with van der Waals surface area (Å²) in [6, 6.07) is 21.4. The average Bonchev–Trinajstić information content (AvgIpc) is 2.89. The van der Waals surface area contributed by atoms with Gasteiger partial charge in [0.1, 0.15) is 0 Å². The van der Waals surface area contributed by atoms with Crippen molar-refractivity contribution in [2.24, 2.45) is 5.73 Å². The quantitative estimate of drug-likeness (QED) is 0.421. The molecule has 0 bridgehead atoms. The number of esters is 1. The molecule has 0 atom stereocenters. The molecule has 0 saturated heterocycles. The van der Waals surface area contributed by atoms with Crippen LogP contribution in [0.2, 0.25) is 0 Å². The van der Waals surface area contributed by atoms with Gasteiger partial charge in [0.2, 0.25) is 5.75 Å². The first-order valence-electron chi connectivity index (χ1n) is 10.7. The Hall–Kier alpha value is -4.53. The molecular formula is C26H26N2O7. The van der Waals surface area contributed by atoms with E-state index < -0.39 is 31.0 Å². The van der Waals surface area contributed by atoms with Gasteiger partial charge in [-0.25, -0.2) is 4.79 Å². The number of ether oxygens (including phenoxy) is 4. The Morgan fingerprint density at radius 1 is 0.829 bits per heavy atom. The summed E-state index contributed by atoms with van der Waals surface area (Å²) in [5, 5.41) is 0. The Balaban J connectivity index is 1.76. The molecule has 9 heteroatoms. The van der Waals surface area contributed by atoms with E-state index in [9.17, 15) is 14.4 Å². The normalized spacial score (nSPS) is 10.2. The molecule has 0 radical (unpaired) electrons. The Kier molecular flexibility index (Phi) is 8.66. The van der Waals surface area contributed by atoms with Gasteiger partial charge in [0.05, 0.1) is 26.3 Å². The molecule has 3 aromatic carbocycles. The summed E-state index contributed by atoms with van der Waals surface area (Å²) in [6.07, 6.45) is 0. The second-order valence-electron chi connectivity index (χ2n) is 7.34. The van der Waals surface area contributed by atoms with Crippen molar-refractivity contribution in [3.63, 3.8) is 0 Å². The van der Waals surface area contributed by atoms with Crippen LogP contribution in [0, 0.1) is 0 Å². The van der Waals surface area contributed by atoms with E-state index >= 15 is 0 Å². The lowest BCUT2D eigenvalue weighted by Crippen LogP contribution is -2.34. The molecule has 0 aliphatic rings. The summed E-state index contributed by atoms with van der Waals surface area (Å²) in [4.78, 5) is 38.5. The fourth-order valence-electron chi connectivity index (χ4n) is 3.27. The lowest BCUT2D eigenvalue weighted by Gasteiger charge is -2.23. The lowest BCUT2D eigenvalue weighted by molar-refractivity contribution is -0.122. The monoisotopic (exact) mass is 478 g/mol. The number of hydrogen-bond acceptors (Lipinski definition) is 7. The van der Waals surface area contributed by atoms with Crippen LogP contribution in [0.5, 0.6) is 17.2 Å². The SMILES string of the molecule is COc1cc(C(=O)OCC(=O)N(Cc2ccccc2)c2ccccc2)cc(OC)c1OCC(N)=O. The molecule has 2 N–H and O–H groups in total. The molecule has 35 heavy (non-hydrogen) atoms. The van der Waals surface area contributed by atoms with Gasteiger partial charge in [0.25, 0.3) is 11.8 Å². The van der Waals surface area contributed by atoms with Crippen molar-refractivity contribution in [2.45, 2.75) is 6.54 Å². The first-order valence-corrected chi connectivity index (χ1v) is 10.7. The summed E-state index contributed by atoms with van der Waals surface area (Å²) < 4.78 is 21.2. The third-order valence-electron chi connectivity index (χ3n) is 4.93. The molecule has 9 nitrogen and oxygen atoms in total. The maximum atomic E-state index is 13.1. The second kappa shape index (κ2) is 12.1. The largest absolute Gasteiger partial charge is 0.493 e. The Bertz CT molecular complexity index is 1140. The van der Waals surface area contributed by atoms with E-state index in [-0.39, 0.29) is 22.8 Å². The first kappa shape index (κ1) is 25.1. The fourth-order valence-corrected chi connectivity index (χ4v) is 3.27. The summed E-state index contributed by atoms with van der Waals surface area (Å²) >= 11 is 0. The number of rotatable bonds is 11. The minimum absolute atomic E-state index is 0.0762. The van der Waals surface area contributed by atoms with Crippen LogP contribution < -0.4 is 24.8 Å². The summed E-state index contributed by atoms with van der Waals surface area (Å²) in [5.74, 6) is -1.45. The smallest absolute Gasteiger partial charge is 0.338 e. The van der Waals surface area contributed by atoms with E-state index in [0.717, 1.165) is 5.56 Å². The zero-order chi connectivity index (χ0) is 25.2. The molecule has 0 heterocycles. The average molecular weight is 479 g/mol. The van der Waals surface area contributed by atoms with Gasteiger partial charge in [-0.15, -0.1) is 0 Å². The first-order chi connectivity index (χ1) is 16.9. The highest BCUT2D eigenvalue weighted by Gasteiger charge is 2.22. The van der Waals surface area contributed by atoms with E-state index in [4.69, 9.17) is 24.7 Å². The van der Waals surface area contributed by atoms with Gasteiger partial charge in [0.15, 0.2) is 24.7 Å². The van der Waals surface area contributed by atoms with Crippen LogP contribution in [0.25, 0.3) is 0 Å². The van der Waals surface area contributed by atoms with Gasteiger partial charge in [-0.05, 0) is 29.8 Å². The van der Waals surface area contributed by atoms with Crippen LogP contribution in [0.1, 0.15) is 15.9 Å². The molecule has 182 valence electrons. The van der Waals surface area contributed by atoms with Gasteiger partial charge in [0, 0.05) is 5.69 Å². The molecule has 0 unspecified atom stereocenters. The fraction of sp³-hybridized carbons (Fsp3) is 0.192. The number of benzene rings is 3. The maximum Gasteiger partial charge on any atom is 0.338 e. The standard InChI is InChI=1S/C26H26N2O7/c1-32-21-13-19(14-22(33-2)25(21)34-16-23(27)29)26(31)35-17-24(30)28(20-11-7-4-8-12-20)15-18-9-5-3-6-10-18/h3-14H,15-17H2,1-2H3,(H2,27,29). The summed E-state index contributed by atoms with van der Waals surface area (Å²) in [6.45, 7) is -0.568. The van der Waals surface area contributed by atoms with Crippen molar-refractivity contribution in [3.05, 3.63) is 83.9 Å². The Labute approximate surface area is 203 Å². The van der Waals surface area contributed by atoms with Crippen LogP contribution in [-0.2, 0) is 20.9 Å². The van der Waals surface area contributed by atoms with Crippen LogP contribution in [0.3, 0.4) is 0 Å². The van der Waals surface area contributed by atoms with Crippen molar-refractivity contribution in [2.75, 3.05) is 32.3 Å². The molecule has 0 aliphatic heterocycles. The van der Waals surface area contributed by atoms with E-state index in [2.05, 4.69) is 0 Å². The molecular weight excluding hydrogens is 452 g/mol. The molecule has 0 aromatic heterocycles. The minimum Gasteiger partial charge on any atom is -0.493 e. The predicted octanol–water partition coefficient (Wildman–Crippen LogP) is 2.96. The van der Waals surface area contributed by atoms with Crippen molar-refractivity contribution >= 4 is 23.5 Å². The number of nitrogens with two attached hydrogens (primary N) is 1. The Morgan fingerprint density at radius 3 is 1.94 bits per heavy atom. The van der Waals surface area contributed by atoms with Gasteiger partial charge in [-0.2, -0.15) is 0 Å². The van der Waals surface area contributed by atoms with Crippen LogP contribution in [0.15, 0.2) is 72.8 Å². The molecule has 3 rings (SSSR count). The molecule has 0 aliphatic carbocycles. The number of nitrogens with zero attached hydrogens (tertiary/aromatic N) is 1. The van der Waals surface area contributed by atoms with Crippen LogP contribution in [-0.4, -0.2) is 45.2 Å². The highest BCUT2D eigenvalue weighted by molar-refractivity contribution is 5.97. The van der Waals surface area contributed by atoms with Crippen molar-refractivity contribution in [1.29, 1.82) is 0 Å². The zero-order valence-corrected chi connectivity index (χ0v) is 19.4. The number of primary amides is 1. The van der Waals surface area contributed by atoms with E-state index in [0.29, 0.717) is 12.2 Å². The number of hydrogen-bond donors (Lipinski definition) is 1. The van der Waals surface area contributed by atoms with Gasteiger partial charge < -0.3 is 29.6 Å². The zero-order valence-electron chi connectivity index (χ0n) is 19.4. The maximum absolute atomic E-state index is 13.1. The van der Waals surface area contributed by atoms with Crippen molar-refractivity contribution in [3.8, 4) is 17.2 Å². The molecule has 3 aromatic rings. The van der Waals surface area contributed by atoms with E-state index in [1.165, 1.54) is 26.4 Å². The third kappa shape index (κ3) is 6.73. The number of methoxy groups -OCH3 is 2. The van der Waals surface area contributed by atoms with Gasteiger partial charge in [-0.3, -0.25) is 9.59 Å². The molecule has 0 saturated carbocycles. The number of amides is 2. The second-order valence-corrected chi connectivity index (χ2v) is 7.34. The predicted molar refractivity (Wildman–Crippen MR) is 129 cm³/mol. The third-order valence-corrected chi connectivity index (χ3v) is 4.93. The van der Waals surface area contributed by atoms with E-state index in [1.54, 1.807) is 4.90 Å². The van der Waals surface area contributed by atoms with Crippen molar-refractivity contribution in [1.82, 2.24) is 0 Å². The summed E-state index contributed by atoms with van der Waals surface area (Å²) in [5.41, 5.74) is 6.81. The minimum atomic E-state index is -0.760. The van der Waals surface area contributed by atoms with Crippen LogP contribution >= 0.6 is 0 Å². The lowest BCUT2D eigenvalue weighted by atomic mass is 10.2. The molecule has 0 spiro atoms. The van der Waals surface area contributed by atoms with Gasteiger partial charge in [-0.1, -0.05) is 48.5 Å². The van der Waals surface area contributed by atoms with E-state index in [1.807, 2.05) is 60.7 Å². The van der Waals surface area contributed by atoms with Gasteiger partial charge >= 0.3 is 5.97 Å². The number of carbonyl (C=O) groups is 3. The molecule has 0 fully saturated rings. The summed E-state index contributed by atoms with van der Waals surface area (Å²) in [7, 11) is 2.73.